The van der Waals surface area contributed by atoms with Crippen molar-refractivity contribution in [3.05, 3.63) is 107 Å². The number of hydrogen-bond acceptors (Lipinski definition) is 3. The van der Waals surface area contributed by atoms with Gasteiger partial charge >= 0.3 is 0 Å². The van der Waals surface area contributed by atoms with Crippen LogP contribution in [0.3, 0.4) is 0 Å². The molecule has 0 saturated carbocycles. The first-order chi connectivity index (χ1) is 16.1. The Balaban J connectivity index is 1.49. The van der Waals surface area contributed by atoms with Crippen LogP contribution in [0.1, 0.15) is 21.5 Å². The number of carbonyl (C=O) groups excluding carboxylic acids is 2. The lowest BCUT2D eigenvalue weighted by Crippen LogP contribution is -2.35. The summed E-state index contributed by atoms with van der Waals surface area (Å²) in [5.41, 5.74) is 3.61. The summed E-state index contributed by atoms with van der Waals surface area (Å²) in [5, 5.41) is 6.82. The van der Waals surface area contributed by atoms with Gasteiger partial charge < -0.3 is 20.4 Å². The van der Waals surface area contributed by atoms with Crippen LogP contribution < -0.4 is 15.4 Å². The van der Waals surface area contributed by atoms with E-state index in [2.05, 4.69) is 21.7 Å². The number of para-hydroxylation sites is 1. The third-order valence-electron chi connectivity index (χ3n) is 5.31. The molecule has 1 aromatic heterocycles. The van der Waals surface area contributed by atoms with Crippen molar-refractivity contribution in [3.63, 3.8) is 0 Å². The zero-order valence-corrected chi connectivity index (χ0v) is 18.3. The average molecular weight is 440 g/mol. The van der Waals surface area contributed by atoms with Gasteiger partial charge in [-0.2, -0.15) is 0 Å². The third kappa shape index (κ3) is 5.49. The SMILES string of the molecule is COc1ccc(C=C(NC(=O)c2ccccc2)C(=O)NCCc2c[nH]c3ccccc23)cc1. The molecular weight excluding hydrogens is 414 g/mol. The third-order valence-corrected chi connectivity index (χ3v) is 5.31. The average Bonchev–Trinajstić information content (AvgIpc) is 3.27. The molecule has 4 rings (SSSR count). The van der Waals surface area contributed by atoms with E-state index in [9.17, 15) is 9.59 Å². The topological polar surface area (TPSA) is 83.2 Å². The van der Waals surface area contributed by atoms with Gasteiger partial charge in [0.1, 0.15) is 11.4 Å². The predicted molar refractivity (Wildman–Crippen MR) is 130 cm³/mol. The van der Waals surface area contributed by atoms with Gasteiger partial charge in [0.15, 0.2) is 0 Å². The quantitative estimate of drug-likeness (QED) is 0.358. The summed E-state index contributed by atoms with van der Waals surface area (Å²) in [6.45, 7) is 0.432. The molecule has 4 aromatic rings. The molecule has 2 amide bonds. The molecule has 6 heteroatoms. The highest BCUT2D eigenvalue weighted by Gasteiger charge is 2.15. The summed E-state index contributed by atoms with van der Waals surface area (Å²) >= 11 is 0. The summed E-state index contributed by atoms with van der Waals surface area (Å²) < 4.78 is 5.19. The lowest BCUT2D eigenvalue weighted by molar-refractivity contribution is -0.117. The number of hydrogen-bond donors (Lipinski definition) is 3. The van der Waals surface area contributed by atoms with Gasteiger partial charge in [0, 0.05) is 29.2 Å². The van der Waals surface area contributed by atoms with Crippen LogP contribution in [-0.4, -0.2) is 30.5 Å². The number of rotatable bonds is 8. The van der Waals surface area contributed by atoms with E-state index in [0.29, 0.717) is 24.3 Å². The zero-order chi connectivity index (χ0) is 23.0. The maximum atomic E-state index is 13.0. The van der Waals surface area contributed by atoms with Crippen LogP contribution in [0.2, 0.25) is 0 Å². The fourth-order valence-corrected chi connectivity index (χ4v) is 3.55. The van der Waals surface area contributed by atoms with E-state index in [4.69, 9.17) is 4.74 Å². The van der Waals surface area contributed by atoms with E-state index in [1.165, 1.54) is 0 Å². The van der Waals surface area contributed by atoms with Crippen LogP contribution in [0.25, 0.3) is 17.0 Å². The van der Waals surface area contributed by atoms with Crippen LogP contribution in [0.4, 0.5) is 0 Å². The van der Waals surface area contributed by atoms with Gasteiger partial charge in [-0.05, 0) is 54.0 Å². The Hall–Kier alpha value is -4.32. The Labute approximate surface area is 192 Å². The molecule has 0 radical (unpaired) electrons. The van der Waals surface area contributed by atoms with Gasteiger partial charge in [-0.3, -0.25) is 9.59 Å². The van der Waals surface area contributed by atoms with Crippen LogP contribution in [0, 0.1) is 0 Å². The zero-order valence-electron chi connectivity index (χ0n) is 18.3. The number of ether oxygens (including phenoxy) is 1. The van der Waals surface area contributed by atoms with E-state index >= 15 is 0 Å². The Bertz CT molecular complexity index is 1270. The van der Waals surface area contributed by atoms with Crippen LogP contribution in [-0.2, 0) is 11.2 Å². The largest absolute Gasteiger partial charge is 0.497 e. The van der Waals surface area contributed by atoms with Gasteiger partial charge in [-0.15, -0.1) is 0 Å². The van der Waals surface area contributed by atoms with Gasteiger partial charge in [0.05, 0.1) is 7.11 Å². The molecular formula is C27H25N3O3. The van der Waals surface area contributed by atoms with Gasteiger partial charge in [-0.25, -0.2) is 0 Å². The molecule has 3 N–H and O–H groups in total. The highest BCUT2D eigenvalue weighted by atomic mass is 16.5. The van der Waals surface area contributed by atoms with Crippen molar-refractivity contribution in [2.24, 2.45) is 0 Å². The maximum absolute atomic E-state index is 13.0. The number of benzene rings is 3. The van der Waals surface area contributed by atoms with Gasteiger partial charge in [-0.1, -0.05) is 48.5 Å². The second kappa shape index (κ2) is 10.3. The van der Waals surface area contributed by atoms with Crippen molar-refractivity contribution in [1.82, 2.24) is 15.6 Å². The van der Waals surface area contributed by atoms with Gasteiger partial charge in [0.25, 0.3) is 11.8 Å². The molecule has 0 aliphatic carbocycles. The van der Waals surface area contributed by atoms with E-state index in [1.807, 2.05) is 42.6 Å². The Morgan fingerprint density at radius 2 is 1.67 bits per heavy atom. The number of H-pyrrole nitrogens is 1. The molecule has 0 fully saturated rings. The molecule has 166 valence electrons. The van der Waals surface area contributed by atoms with E-state index in [1.54, 1.807) is 49.6 Å². The minimum atomic E-state index is -0.352. The second-order valence-corrected chi connectivity index (χ2v) is 7.52. The second-order valence-electron chi connectivity index (χ2n) is 7.52. The number of carbonyl (C=O) groups is 2. The summed E-state index contributed by atoms with van der Waals surface area (Å²) in [7, 11) is 1.59. The van der Waals surface area contributed by atoms with Crippen molar-refractivity contribution < 1.29 is 14.3 Å². The van der Waals surface area contributed by atoms with Crippen LogP contribution >= 0.6 is 0 Å². The number of methoxy groups -OCH3 is 1. The lowest BCUT2D eigenvalue weighted by Gasteiger charge is -2.11. The fourth-order valence-electron chi connectivity index (χ4n) is 3.55. The summed E-state index contributed by atoms with van der Waals surface area (Å²) in [6, 6.07) is 24.1. The first-order valence-corrected chi connectivity index (χ1v) is 10.7. The highest BCUT2D eigenvalue weighted by Crippen LogP contribution is 2.18. The first kappa shape index (κ1) is 21.9. The highest BCUT2D eigenvalue weighted by molar-refractivity contribution is 6.05. The van der Waals surface area contributed by atoms with Crippen molar-refractivity contribution >= 4 is 28.8 Å². The molecule has 1 heterocycles. The molecule has 33 heavy (non-hydrogen) atoms. The van der Waals surface area contributed by atoms with Crippen LogP contribution in [0.15, 0.2) is 90.8 Å². The Kier molecular flexibility index (Phi) is 6.85. The number of nitrogens with one attached hydrogen (secondary N) is 3. The Morgan fingerprint density at radius 3 is 2.42 bits per heavy atom. The molecule has 0 atom stereocenters. The van der Waals surface area contributed by atoms with Crippen molar-refractivity contribution in [1.29, 1.82) is 0 Å². The molecule has 3 aromatic carbocycles. The minimum absolute atomic E-state index is 0.174. The number of fused-ring (bicyclic) bond motifs is 1. The molecule has 6 nitrogen and oxygen atoms in total. The summed E-state index contributed by atoms with van der Waals surface area (Å²) in [4.78, 5) is 28.9. The normalized spacial score (nSPS) is 11.2. The number of aromatic nitrogens is 1. The molecule has 0 spiro atoms. The summed E-state index contributed by atoms with van der Waals surface area (Å²) in [6.07, 6.45) is 4.28. The molecule has 0 saturated heterocycles. The monoisotopic (exact) mass is 439 g/mol. The Morgan fingerprint density at radius 1 is 0.939 bits per heavy atom. The first-order valence-electron chi connectivity index (χ1n) is 10.7. The molecule has 0 aliphatic heterocycles. The lowest BCUT2D eigenvalue weighted by atomic mass is 10.1. The smallest absolute Gasteiger partial charge is 0.267 e. The number of aromatic amines is 1. The van der Waals surface area contributed by atoms with Gasteiger partial charge in [0.2, 0.25) is 0 Å². The van der Waals surface area contributed by atoms with Crippen molar-refractivity contribution in [2.45, 2.75) is 6.42 Å². The van der Waals surface area contributed by atoms with E-state index in [0.717, 1.165) is 22.0 Å². The minimum Gasteiger partial charge on any atom is -0.497 e. The predicted octanol–water partition coefficient (Wildman–Crippen LogP) is 4.31. The van der Waals surface area contributed by atoms with E-state index in [-0.39, 0.29) is 17.5 Å². The van der Waals surface area contributed by atoms with E-state index < -0.39 is 0 Å². The van der Waals surface area contributed by atoms with Crippen molar-refractivity contribution in [2.75, 3.05) is 13.7 Å². The molecule has 0 unspecified atom stereocenters. The van der Waals surface area contributed by atoms with Crippen molar-refractivity contribution in [3.8, 4) is 5.75 Å². The fraction of sp³-hybridized carbons (Fsp3) is 0.111. The number of amides is 2. The molecule has 0 bridgehead atoms. The standard InChI is InChI=1S/C27H25N3O3/c1-33-22-13-11-19(12-14-22)17-25(30-26(31)20-7-3-2-4-8-20)27(32)28-16-15-21-18-29-24-10-6-5-9-23(21)24/h2-14,17-18,29H,15-16H2,1H3,(H,28,32)(H,30,31). The molecule has 0 aliphatic rings. The maximum Gasteiger partial charge on any atom is 0.267 e. The van der Waals surface area contributed by atoms with Crippen LogP contribution in [0.5, 0.6) is 5.75 Å². The summed E-state index contributed by atoms with van der Waals surface area (Å²) in [5.74, 6) is 0.0160.